The molecule has 0 unspecified atom stereocenters. The molecule has 1 aliphatic heterocycles. The molecule has 1 aromatic carbocycles. The molecule has 3 heteroatoms. The highest BCUT2D eigenvalue weighted by Gasteiger charge is 2.18. The summed E-state index contributed by atoms with van der Waals surface area (Å²) in [6.07, 6.45) is 2.33. The van der Waals surface area contributed by atoms with Gasteiger partial charge >= 0.3 is 0 Å². The zero-order chi connectivity index (χ0) is 11.2. The van der Waals surface area contributed by atoms with Crippen LogP contribution in [0.4, 0.5) is 0 Å². The Labute approximate surface area is 97.4 Å². The Hall–Kier alpha value is -0.900. The van der Waals surface area contributed by atoms with E-state index in [-0.39, 0.29) is 0 Å². The lowest BCUT2D eigenvalue weighted by molar-refractivity contribution is 0.0351. The van der Waals surface area contributed by atoms with E-state index >= 15 is 0 Å². The monoisotopic (exact) mass is 220 g/mol. The largest absolute Gasteiger partial charge is 0.305 e. The van der Waals surface area contributed by atoms with Crippen molar-refractivity contribution >= 4 is 0 Å². The van der Waals surface area contributed by atoms with Gasteiger partial charge in [0.15, 0.2) is 0 Å². The summed E-state index contributed by atoms with van der Waals surface area (Å²) in [5.74, 6) is 0. The summed E-state index contributed by atoms with van der Waals surface area (Å²) in [6, 6.07) is 11.2. The van der Waals surface area contributed by atoms with Crippen LogP contribution in [0.25, 0.3) is 0 Å². The minimum Gasteiger partial charge on any atom is -0.305 e. The van der Waals surface area contributed by atoms with Crippen LogP contribution in [0, 0.1) is 0 Å². The molecule has 0 spiro atoms. The number of likely N-dealkylation sites (tertiary alicyclic amines) is 1. The highest BCUT2D eigenvalue weighted by Crippen LogP contribution is 2.13. The molecule has 0 amide bonds. The summed E-state index contributed by atoms with van der Waals surface area (Å²) in [5.41, 5.74) is 4.45. The number of hydrogen-bond acceptors (Lipinski definition) is 3. The van der Waals surface area contributed by atoms with Gasteiger partial charge in [0.25, 0.3) is 0 Å². The first-order chi connectivity index (χ1) is 7.88. The summed E-state index contributed by atoms with van der Waals surface area (Å²) in [6.45, 7) is 3.37. The normalized spacial score (nSPS) is 18.8. The summed E-state index contributed by atoms with van der Waals surface area (Å²) in [7, 11) is 1.69. The van der Waals surface area contributed by atoms with Crippen molar-refractivity contribution in [1.29, 1.82) is 0 Å². The Morgan fingerprint density at radius 3 is 2.56 bits per heavy atom. The van der Waals surface area contributed by atoms with E-state index in [9.17, 15) is 0 Å². The van der Waals surface area contributed by atoms with Gasteiger partial charge in [-0.25, -0.2) is 0 Å². The van der Waals surface area contributed by atoms with E-state index in [1.54, 1.807) is 7.11 Å². The average molecular weight is 220 g/mol. The fraction of sp³-hybridized carbons (Fsp3) is 0.538. The number of benzene rings is 1. The van der Waals surface area contributed by atoms with Crippen LogP contribution in [0.1, 0.15) is 18.4 Å². The standard InChI is InChI=1S/C13H20N2O/c1-16-14-13-7-9-15(10-8-13)11-12-5-3-2-4-6-12/h2-6,13-14H,7-11H2,1H3. The van der Waals surface area contributed by atoms with Crippen LogP contribution in [0.3, 0.4) is 0 Å². The number of nitrogens with zero attached hydrogens (tertiary/aromatic N) is 1. The molecule has 2 rings (SSSR count). The van der Waals surface area contributed by atoms with Gasteiger partial charge in [-0.3, -0.25) is 4.90 Å². The van der Waals surface area contributed by atoms with E-state index in [0.29, 0.717) is 6.04 Å². The van der Waals surface area contributed by atoms with Crippen LogP contribution in [0.5, 0.6) is 0 Å². The second kappa shape index (κ2) is 5.99. The molecule has 0 aromatic heterocycles. The highest BCUT2D eigenvalue weighted by molar-refractivity contribution is 5.14. The molecule has 88 valence electrons. The first-order valence-corrected chi connectivity index (χ1v) is 5.93. The zero-order valence-corrected chi connectivity index (χ0v) is 9.86. The predicted molar refractivity (Wildman–Crippen MR) is 64.9 cm³/mol. The molecule has 1 saturated heterocycles. The number of rotatable bonds is 4. The second-order valence-electron chi connectivity index (χ2n) is 4.36. The molecule has 1 aromatic rings. The van der Waals surface area contributed by atoms with Gasteiger partial charge in [0.2, 0.25) is 0 Å². The van der Waals surface area contributed by atoms with E-state index in [2.05, 4.69) is 40.7 Å². The Bertz CT molecular complexity index is 294. The van der Waals surface area contributed by atoms with Crippen molar-refractivity contribution in [3.63, 3.8) is 0 Å². The minimum absolute atomic E-state index is 0.525. The molecule has 0 bridgehead atoms. The van der Waals surface area contributed by atoms with Crippen molar-refractivity contribution in [2.24, 2.45) is 0 Å². The molecule has 16 heavy (non-hydrogen) atoms. The van der Waals surface area contributed by atoms with Gasteiger partial charge in [0.05, 0.1) is 7.11 Å². The van der Waals surface area contributed by atoms with Gasteiger partial charge in [-0.05, 0) is 18.4 Å². The summed E-state index contributed by atoms with van der Waals surface area (Å²) >= 11 is 0. The molecule has 1 heterocycles. The van der Waals surface area contributed by atoms with Crippen molar-refractivity contribution < 1.29 is 4.84 Å². The van der Waals surface area contributed by atoms with E-state index < -0.39 is 0 Å². The first-order valence-electron chi connectivity index (χ1n) is 5.93. The quantitative estimate of drug-likeness (QED) is 0.783. The molecule has 1 aliphatic rings. The molecular formula is C13H20N2O. The summed E-state index contributed by atoms with van der Waals surface area (Å²) in [5, 5.41) is 0. The third kappa shape index (κ3) is 3.30. The minimum atomic E-state index is 0.525. The van der Waals surface area contributed by atoms with Crippen molar-refractivity contribution in [3.05, 3.63) is 35.9 Å². The fourth-order valence-electron chi connectivity index (χ4n) is 2.22. The lowest BCUT2D eigenvalue weighted by Gasteiger charge is -2.31. The topological polar surface area (TPSA) is 24.5 Å². The number of piperidine rings is 1. The van der Waals surface area contributed by atoms with E-state index in [4.69, 9.17) is 4.84 Å². The average Bonchev–Trinajstić information content (AvgIpc) is 2.33. The van der Waals surface area contributed by atoms with E-state index in [1.807, 2.05) is 0 Å². The maximum atomic E-state index is 4.97. The first kappa shape index (κ1) is 11.6. The van der Waals surface area contributed by atoms with Crippen molar-refractivity contribution in [2.75, 3.05) is 20.2 Å². The third-order valence-corrected chi connectivity index (χ3v) is 3.12. The molecule has 0 saturated carbocycles. The smallest absolute Gasteiger partial charge is 0.0572 e. The third-order valence-electron chi connectivity index (χ3n) is 3.12. The molecule has 0 radical (unpaired) electrons. The van der Waals surface area contributed by atoms with Gasteiger partial charge in [0.1, 0.15) is 0 Å². The van der Waals surface area contributed by atoms with Crippen LogP contribution in [0.2, 0.25) is 0 Å². The molecule has 0 aliphatic carbocycles. The van der Waals surface area contributed by atoms with Gasteiger partial charge in [0, 0.05) is 25.7 Å². The van der Waals surface area contributed by atoms with Crippen LogP contribution in [0.15, 0.2) is 30.3 Å². The number of hydroxylamine groups is 1. The molecule has 0 atom stereocenters. The van der Waals surface area contributed by atoms with Crippen molar-refractivity contribution in [2.45, 2.75) is 25.4 Å². The lowest BCUT2D eigenvalue weighted by atomic mass is 10.1. The molecular weight excluding hydrogens is 200 g/mol. The van der Waals surface area contributed by atoms with E-state index in [0.717, 1.165) is 19.6 Å². The summed E-state index contributed by atoms with van der Waals surface area (Å²) < 4.78 is 0. The van der Waals surface area contributed by atoms with Gasteiger partial charge in [-0.15, -0.1) is 0 Å². The predicted octanol–water partition coefficient (Wildman–Crippen LogP) is 1.80. The number of hydrogen-bond donors (Lipinski definition) is 1. The van der Waals surface area contributed by atoms with Gasteiger partial charge in [-0.1, -0.05) is 30.3 Å². The van der Waals surface area contributed by atoms with Crippen molar-refractivity contribution in [1.82, 2.24) is 10.4 Å². The Morgan fingerprint density at radius 2 is 1.94 bits per heavy atom. The molecule has 1 N–H and O–H groups in total. The van der Waals surface area contributed by atoms with Gasteiger partial charge < -0.3 is 4.84 Å². The molecule has 1 fully saturated rings. The van der Waals surface area contributed by atoms with Crippen LogP contribution in [-0.4, -0.2) is 31.1 Å². The molecule has 3 nitrogen and oxygen atoms in total. The lowest BCUT2D eigenvalue weighted by Crippen LogP contribution is -2.41. The van der Waals surface area contributed by atoms with Crippen LogP contribution < -0.4 is 5.48 Å². The fourth-order valence-corrected chi connectivity index (χ4v) is 2.22. The zero-order valence-electron chi connectivity index (χ0n) is 9.86. The maximum Gasteiger partial charge on any atom is 0.0572 e. The second-order valence-corrected chi connectivity index (χ2v) is 4.36. The Balaban J connectivity index is 1.77. The highest BCUT2D eigenvalue weighted by atomic mass is 16.6. The SMILES string of the molecule is CONC1CCN(Cc2ccccc2)CC1. The van der Waals surface area contributed by atoms with Crippen molar-refractivity contribution in [3.8, 4) is 0 Å². The van der Waals surface area contributed by atoms with Gasteiger partial charge in [-0.2, -0.15) is 5.48 Å². The maximum absolute atomic E-state index is 4.97. The Morgan fingerprint density at radius 1 is 1.25 bits per heavy atom. The van der Waals surface area contributed by atoms with E-state index in [1.165, 1.54) is 18.4 Å². The Kier molecular flexibility index (Phi) is 4.34. The van der Waals surface area contributed by atoms with Crippen LogP contribution in [-0.2, 0) is 11.4 Å². The summed E-state index contributed by atoms with van der Waals surface area (Å²) in [4.78, 5) is 7.47. The van der Waals surface area contributed by atoms with Crippen LogP contribution >= 0.6 is 0 Å². The number of nitrogens with one attached hydrogen (secondary N) is 1.